The van der Waals surface area contributed by atoms with Gasteiger partial charge >= 0.3 is 0 Å². The summed E-state index contributed by atoms with van der Waals surface area (Å²) in [4.78, 5) is 2.91. The van der Waals surface area contributed by atoms with Gasteiger partial charge in [0.15, 0.2) is 0 Å². The molecule has 4 rings (SSSR count). The van der Waals surface area contributed by atoms with Gasteiger partial charge in [-0.05, 0) is 25.0 Å². The van der Waals surface area contributed by atoms with E-state index in [0.717, 1.165) is 10.7 Å². The van der Waals surface area contributed by atoms with Crippen molar-refractivity contribution in [2.24, 2.45) is 0 Å². The molecular weight excluding hydrogens is 353 g/mol. The summed E-state index contributed by atoms with van der Waals surface area (Å²) in [7, 11) is 0. The summed E-state index contributed by atoms with van der Waals surface area (Å²) in [6, 6.07) is 3.73. The first-order valence-corrected chi connectivity index (χ1v) is 8.72. The number of thiocarbonyl (C=S) groups is 1. The molecule has 120 valence electrons. The summed E-state index contributed by atoms with van der Waals surface area (Å²) in [5, 5.41) is 15.5. The number of benzene rings is 1. The molecule has 1 aromatic carbocycles. The Morgan fingerprint density at radius 2 is 2.04 bits per heavy atom. The maximum atomic E-state index is 10.2. The molecule has 1 atom stereocenters. The third-order valence-corrected chi connectivity index (χ3v) is 5.67. The molecule has 0 unspecified atom stereocenters. The van der Waals surface area contributed by atoms with Gasteiger partial charge in [0.2, 0.25) is 0 Å². The van der Waals surface area contributed by atoms with E-state index in [1.165, 1.54) is 12.8 Å². The zero-order chi connectivity index (χ0) is 16.1. The van der Waals surface area contributed by atoms with E-state index in [1.54, 1.807) is 12.1 Å². The number of phenols is 1. The van der Waals surface area contributed by atoms with Crippen LogP contribution in [0, 0.1) is 0 Å². The zero-order valence-corrected chi connectivity index (χ0v) is 14.6. The first-order valence-electron chi connectivity index (χ1n) is 7.56. The van der Waals surface area contributed by atoms with Crippen molar-refractivity contribution in [3.63, 3.8) is 0 Å². The van der Waals surface area contributed by atoms with Crippen LogP contribution in [0.4, 0.5) is 5.69 Å². The van der Waals surface area contributed by atoms with Crippen LogP contribution in [-0.4, -0.2) is 26.4 Å². The molecule has 0 bridgehead atoms. The SMILES string of the molecule is Oc1ccc(Cl)c(Cl)c1[C@H]1CC(=S)N(c2cnn(C3CC3)c2)C1. The minimum Gasteiger partial charge on any atom is -0.508 e. The van der Waals surface area contributed by atoms with Crippen molar-refractivity contribution in [2.45, 2.75) is 31.2 Å². The van der Waals surface area contributed by atoms with Gasteiger partial charge in [-0.15, -0.1) is 0 Å². The van der Waals surface area contributed by atoms with E-state index in [2.05, 4.69) is 10.00 Å². The lowest BCUT2D eigenvalue weighted by Gasteiger charge is -2.17. The monoisotopic (exact) mass is 367 g/mol. The van der Waals surface area contributed by atoms with Gasteiger partial charge in [-0.2, -0.15) is 5.10 Å². The summed E-state index contributed by atoms with van der Waals surface area (Å²) in [5.41, 5.74) is 1.68. The molecule has 2 aromatic rings. The number of nitrogens with zero attached hydrogens (tertiary/aromatic N) is 3. The highest BCUT2D eigenvalue weighted by atomic mass is 35.5. The van der Waals surface area contributed by atoms with E-state index < -0.39 is 0 Å². The maximum absolute atomic E-state index is 10.2. The Labute approximate surface area is 149 Å². The predicted octanol–water partition coefficient (Wildman–Crippen LogP) is 4.55. The van der Waals surface area contributed by atoms with Crippen molar-refractivity contribution in [1.29, 1.82) is 0 Å². The lowest BCUT2D eigenvalue weighted by molar-refractivity contribution is 0.463. The van der Waals surface area contributed by atoms with Crippen molar-refractivity contribution >= 4 is 46.1 Å². The largest absolute Gasteiger partial charge is 0.508 e. The highest BCUT2D eigenvalue weighted by Crippen LogP contribution is 2.43. The Kier molecular flexibility index (Phi) is 3.75. The van der Waals surface area contributed by atoms with Crippen LogP contribution in [0.15, 0.2) is 24.5 Å². The Morgan fingerprint density at radius 3 is 2.78 bits per heavy atom. The average molecular weight is 368 g/mol. The lowest BCUT2D eigenvalue weighted by atomic mass is 9.97. The van der Waals surface area contributed by atoms with Crippen LogP contribution < -0.4 is 4.90 Å². The number of aromatic nitrogens is 2. The topological polar surface area (TPSA) is 41.3 Å². The molecule has 0 spiro atoms. The van der Waals surface area contributed by atoms with Crippen LogP contribution in [-0.2, 0) is 0 Å². The number of halogens is 2. The second-order valence-corrected chi connectivity index (χ2v) is 7.37. The van der Waals surface area contributed by atoms with Crippen LogP contribution in [0.2, 0.25) is 10.0 Å². The van der Waals surface area contributed by atoms with E-state index in [-0.39, 0.29) is 11.7 Å². The molecule has 7 heteroatoms. The van der Waals surface area contributed by atoms with E-state index in [0.29, 0.717) is 34.6 Å². The van der Waals surface area contributed by atoms with E-state index in [1.807, 2.05) is 17.1 Å². The molecule has 1 saturated carbocycles. The van der Waals surface area contributed by atoms with E-state index >= 15 is 0 Å². The summed E-state index contributed by atoms with van der Waals surface area (Å²) in [6.45, 7) is 0.669. The van der Waals surface area contributed by atoms with Crippen molar-refractivity contribution in [2.75, 3.05) is 11.4 Å². The van der Waals surface area contributed by atoms with Gasteiger partial charge in [0.1, 0.15) is 5.75 Å². The maximum Gasteiger partial charge on any atom is 0.120 e. The third-order valence-electron chi connectivity index (χ3n) is 4.46. The molecule has 2 fully saturated rings. The van der Waals surface area contributed by atoms with E-state index in [4.69, 9.17) is 35.4 Å². The molecule has 1 aromatic heterocycles. The summed E-state index contributed by atoms with van der Waals surface area (Å²) < 4.78 is 2.01. The van der Waals surface area contributed by atoms with Gasteiger partial charge in [0.05, 0.1) is 33.0 Å². The Bertz CT molecular complexity index is 788. The predicted molar refractivity (Wildman–Crippen MR) is 95.9 cm³/mol. The number of hydrogen-bond donors (Lipinski definition) is 1. The second kappa shape index (κ2) is 5.65. The van der Waals surface area contributed by atoms with E-state index in [9.17, 15) is 5.11 Å². The quantitative estimate of drug-likeness (QED) is 0.807. The van der Waals surface area contributed by atoms with Crippen LogP contribution in [0.5, 0.6) is 5.75 Å². The summed E-state index contributed by atoms with van der Waals surface area (Å²) >= 11 is 17.9. The molecule has 2 heterocycles. The highest BCUT2D eigenvalue weighted by molar-refractivity contribution is 7.80. The van der Waals surface area contributed by atoms with Crippen LogP contribution in [0.25, 0.3) is 0 Å². The number of anilines is 1. The van der Waals surface area contributed by atoms with Crippen molar-refractivity contribution in [3.8, 4) is 5.75 Å². The molecule has 0 radical (unpaired) electrons. The zero-order valence-electron chi connectivity index (χ0n) is 12.2. The molecule has 1 saturated heterocycles. The van der Waals surface area contributed by atoms with Crippen LogP contribution in [0.3, 0.4) is 0 Å². The van der Waals surface area contributed by atoms with Crippen LogP contribution >= 0.6 is 35.4 Å². The minimum absolute atomic E-state index is 0.0259. The molecule has 23 heavy (non-hydrogen) atoms. The van der Waals surface area contributed by atoms with Gasteiger partial charge in [-0.25, -0.2) is 0 Å². The molecule has 4 nitrogen and oxygen atoms in total. The summed E-state index contributed by atoms with van der Waals surface area (Å²) in [5.74, 6) is 0.195. The van der Waals surface area contributed by atoms with Gasteiger partial charge in [-0.1, -0.05) is 35.4 Å². The molecule has 1 aliphatic heterocycles. The molecule has 1 N–H and O–H groups in total. The Morgan fingerprint density at radius 1 is 1.26 bits per heavy atom. The van der Waals surface area contributed by atoms with Crippen molar-refractivity contribution in [1.82, 2.24) is 9.78 Å². The molecule has 1 aliphatic carbocycles. The normalized spacial score (nSPS) is 21.2. The fourth-order valence-corrected chi connectivity index (χ4v) is 3.96. The van der Waals surface area contributed by atoms with Gasteiger partial charge in [0.25, 0.3) is 0 Å². The summed E-state index contributed by atoms with van der Waals surface area (Å²) in [6.07, 6.45) is 6.95. The number of phenolic OH excluding ortho intramolecular Hbond substituents is 1. The smallest absolute Gasteiger partial charge is 0.120 e. The minimum atomic E-state index is 0.0259. The molecule has 0 amide bonds. The van der Waals surface area contributed by atoms with Gasteiger partial charge in [-0.3, -0.25) is 4.68 Å². The Balaban J connectivity index is 1.62. The van der Waals surface area contributed by atoms with Crippen molar-refractivity contribution in [3.05, 3.63) is 40.1 Å². The first kappa shape index (κ1) is 15.2. The average Bonchev–Trinajstić information content (AvgIpc) is 3.14. The molecule has 2 aliphatic rings. The van der Waals surface area contributed by atoms with Gasteiger partial charge in [0, 0.05) is 30.6 Å². The lowest BCUT2D eigenvalue weighted by Crippen LogP contribution is -2.22. The highest BCUT2D eigenvalue weighted by Gasteiger charge is 2.33. The molecular formula is C16H15Cl2N3OS. The fraction of sp³-hybridized carbons (Fsp3) is 0.375. The van der Waals surface area contributed by atoms with Crippen LogP contribution in [0.1, 0.15) is 36.8 Å². The standard InChI is InChI=1S/C16H15Cl2N3OS/c17-12-3-4-13(22)15(16(12)18)9-5-14(23)20(7-9)11-6-19-21(8-11)10-1-2-10/h3-4,6,8-10,22H,1-2,5,7H2/t9-/m0/s1. The first-order chi connectivity index (χ1) is 11.0. The fourth-order valence-electron chi connectivity index (χ4n) is 3.10. The van der Waals surface area contributed by atoms with Gasteiger partial charge < -0.3 is 10.0 Å². The second-order valence-electron chi connectivity index (χ2n) is 6.11. The number of aromatic hydroxyl groups is 1. The number of hydrogen-bond acceptors (Lipinski definition) is 3. The Hall–Kier alpha value is -1.30. The van der Waals surface area contributed by atoms with Crippen molar-refractivity contribution < 1.29 is 5.11 Å². The number of rotatable bonds is 3. The third kappa shape index (κ3) is 2.71.